The predicted molar refractivity (Wildman–Crippen MR) is 102 cm³/mol. The fourth-order valence-electron chi connectivity index (χ4n) is 2.48. The Balaban J connectivity index is 2.48. The Labute approximate surface area is 157 Å². The summed E-state index contributed by atoms with van der Waals surface area (Å²) in [4.78, 5) is 13.0. The van der Waals surface area contributed by atoms with Gasteiger partial charge in [-0.1, -0.05) is 29.1 Å². The van der Waals surface area contributed by atoms with Crippen LogP contribution < -0.4 is 10.3 Å². The summed E-state index contributed by atoms with van der Waals surface area (Å²) in [6, 6.07) is 3.08. The van der Waals surface area contributed by atoms with Gasteiger partial charge in [-0.25, -0.2) is 0 Å². The molecule has 0 aliphatic rings. The lowest BCUT2D eigenvalue weighted by Crippen LogP contribution is -2.22. The summed E-state index contributed by atoms with van der Waals surface area (Å²) in [6.07, 6.45) is 5.36. The first-order valence-electron chi connectivity index (χ1n) is 7.13. The van der Waals surface area contributed by atoms with Crippen molar-refractivity contribution >= 4 is 53.9 Å². The van der Waals surface area contributed by atoms with Gasteiger partial charge < -0.3 is 9.84 Å². The number of aromatic nitrogens is 3. The average Bonchev–Trinajstić information content (AvgIpc) is 3.07. The zero-order valence-corrected chi connectivity index (χ0v) is 15.2. The van der Waals surface area contributed by atoms with Crippen LogP contribution in [0, 0.1) is 12.3 Å². The highest BCUT2D eigenvalue weighted by molar-refractivity contribution is 7.00. The van der Waals surface area contributed by atoms with Crippen molar-refractivity contribution in [1.82, 2.24) is 13.3 Å². The lowest BCUT2D eigenvalue weighted by molar-refractivity contribution is 0.389. The Morgan fingerprint density at radius 1 is 1.32 bits per heavy atom. The van der Waals surface area contributed by atoms with Gasteiger partial charge in [-0.05, 0) is 12.1 Å². The summed E-state index contributed by atoms with van der Waals surface area (Å²) in [7, 11) is 1.77. The van der Waals surface area contributed by atoms with E-state index in [0.717, 1.165) is 11.7 Å². The van der Waals surface area contributed by atoms with Crippen molar-refractivity contribution < 1.29 is 9.84 Å². The topological polar surface area (TPSA) is 77.2 Å². The van der Waals surface area contributed by atoms with Crippen LogP contribution in [0.15, 0.2) is 16.9 Å². The van der Waals surface area contributed by atoms with Gasteiger partial charge in [0.25, 0.3) is 5.56 Å². The molecule has 2 heterocycles. The van der Waals surface area contributed by atoms with E-state index in [0.29, 0.717) is 6.51 Å². The number of nitrogens with zero attached hydrogens (tertiary/aromatic N) is 3. The first-order valence-corrected chi connectivity index (χ1v) is 8.62. The number of aromatic hydroxyl groups is 1. The molecule has 0 unspecified atom stereocenters. The molecule has 0 aliphatic carbocycles. The van der Waals surface area contributed by atoms with Gasteiger partial charge in [0.2, 0.25) is 0 Å². The molecule has 0 radical (unpaired) electrons. The van der Waals surface area contributed by atoms with E-state index in [9.17, 15) is 9.90 Å². The number of ether oxygens (including phenoxy) is 1. The van der Waals surface area contributed by atoms with Crippen molar-refractivity contribution in [2.24, 2.45) is 0 Å². The lowest BCUT2D eigenvalue weighted by Gasteiger charge is -2.16. The van der Waals surface area contributed by atoms with Crippen LogP contribution in [0.4, 0.5) is 0 Å². The third kappa shape index (κ3) is 2.84. The smallest absolute Gasteiger partial charge is 0.265 e. The van der Waals surface area contributed by atoms with E-state index in [1.165, 1.54) is 10.6 Å². The van der Waals surface area contributed by atoms with E-state index in [-0.39, 0.29) is 50.4 Å². The van der Waals surface area contributed by atoms with Crippen molar-refractivity contribution in [3.63, 3.8) is 0 Å². The molecule has 3 aromatic rings. The Kier molecular flexibility index (Phi) is 4.90. The Bertz CT molecular complexity index is 1070. The Hall–Kier alpha value is -2.21. The summed E-state index contributed by atoms with van der Waals surface area (Å²) in [5, 5.41) is 11.1. The van der Waals surface area contributed by atoms with E-state index >= 15 is 0 Å². The van der Waals surface area contributed by atoms with Gasteiger partial charge in [-0.15, -0.1) is 6.42 Å². The second kappa shape index (κ2) is 6.96. The quantitative estimate of drug-likeness (QED) is 0.542. The van der Waals surface area contributed by atoms with Gasteiger partial charge in [-0.2, -0.15) is 8.75 Å². The normalized spacial score (nSPS) is 10.8. The molecule has 0 fully saturated rings. The van der Waals surface area contributed by atoms with Crippen LogP contribution in [0.3, 0.4) is 0 Å². The minimum absolute atomic E-state index is 0.0316. The monoisotopic (exact) mass is 393 g/mol. The number of benzene rings is 1. The predicted octanol–water partition coefficient (Wildman–Crippen LogP) is 2.13. The highest BCUT2D eigenvalue weighted by atomic mass is 35.5. The van der Waals surface area contributed by atoms with E-state index in [4.69, 9.17) is 34.4 Å². The summed E-state index contributed by atoms with van der Waals surface area (Å²) in [6.45, 7) is 0.267. The highest BCUT2D eigenvalue weighted by Gasteiger charge is 2.26. The maximum Gasteiger partial charge on any atom is 0.265 e. The van der Waals surface area contributed by atoms with Gasteiger partial charge in [0.1, 0.15) is 5.75 Å². The second-order valence-electron chi connectivity index (χ2n) is 4.92. The average molecular weight is 394 g/mol. The van der Waals surface area contributed by atoms with Gasteiger partial charge in [0, 0.05) is 0 Å². The van der Waals surface area contributed by atoms with Crippen molar-refractivity contribution in [3.05, 3.63) is 32.5 Å². The van der Waals surface area contributed by atoms with Crippen LogP contribution in [-0.2, 0) is 6.54 Å². The van der Waals surface area contributed by atoms with E-state index in [2.05, 4.69) is 14.7 Å². The molecule has 0 spiro atoms. The third-order valence-electron chi connectivity index (χ3n) is 3.49. The zero-order valence-electron chi connectivity index (χ0n) is 12.9. The largest absolute Gasteiger partial charge is 0.505 e. The molecule has 25 heavy (non-hydrogen) atoms. The molecule has 3 rings (SSSR count). The maximum absolute atomic E-state index is 13.0. The minimum Gasteiger partial charge on any atom is -0.505 e. The van der Waals surface area contributed by atoms with Crippen molar-refractivity contribution in [1.29, 1.82) is 0 Å². The molecule has 10 heteroatoms. The van der Waals surface area contributed by atoms with Gasteiger partial charge in [0.05, 0.1) is 46.0 Å². The molecular weight excluding hydrogens is 384 g/mol. The maximum atomic E-state index is 13.0. The van der Waals surface area contributed by atoms with Crippen LogP contribution in [-0.4, -0.2) is 32.8 Å². The lowest BCUT2D eigenvalue weighted by atomic mass is 10.0. The molecule has 0 aliphatic heterocycles. The number of terminal acetylenes is 1. The molecule has 1 aromatic carbocycles. The minimum atomic E-state index is -0.555. The van der Waals surface area contributed by atoms with Crippen LogP contribution in [0.1, 0.15) is 0 Å². The van der Waals surface area contributed by atoms with Gasteiger partial charge in [-0.3, -0.25) is 9.36 Å². The number of fused-ring (bicyclic) bond motifs is 1. The van der Waals surface area contributed by atoms with E-state index in [1.807, 2.05) is 0 Å². The van der Waals surface area contributed by atoms with Crippen molar-refractivity contribution in [2.75, 3.05) is 6.51 Å². The summed E-state index contributed by atoms with van der Waals surface area (Å²) >= 11 is 13.4. The van der Waals surface area contributed by atoms with Crippen LogP contribution >= 0.6 is 34.9 Å². The molecule has 0 saturated heterocycles. The molecular formula is C15H10BCl2N3O3S. The fourth-order valence-corrected chi connectivity index (χ4v) is 3.48. The fraction of sp³-hybridized carbons (Fsp3) is 0.133. The summed E-state index contributed by atoms with van der Waals surface area (Å²) in [5.74, 6) is 2.27. The summed E-state index contributed by atoms with van der Waals surface area (Å²) < 4.78 is 14.9. The van der Waals surface area contributed by atoms with Crippen molar-refractivity contribution in [3.8, 4) is 35.0 Å². The van der Waals surface area contributed by atoms with Crippen LogP contribution in [0.25, 0.3) is 22.3 Å². The summed E-state index contributed by atoms with van der Waals surface area (Å²) in [5.41, 5.74) is -0.0648. The standard InChI is InChI=1S/C15H10BCl2N3O3S/c1-2-5-21-14-11(19-25-20-14)12(22)10(15(21)23)9-7(17)3-4-8(18)13(9)24-6-16/h1,3-4,22H,5-6,16H2. The first kappa shape index (κ1) is 17.6. The molecule has 6 nitrogen and oxygen atoms in total. The van der Waals surface area contributed by atoms with Gasteiger partial charge in [0.15, 0.2) is 24.8 Å². The molecule has 0 amide bonds. The second-order valence-corrected chi connectivity index (χ2v) is 6.26. The van der Waals surface area contributed by atoms with Crippen molar-refractivity contribution in [2.45, 2.75) is 6.54 Å². The molecule has 0 saturated carbocycles. The molecule has 0 bridgehead atoms. The highest BCUT2D eigenvalue weighted by Crippen LogP contribution is 2.44. The van der Waals surface area contributed by atoms with E-state index < -0.39 is 5.56 Å². The Morgan fingerprint density at radius 3 is 2.72 bits per heavy atom. The number of hydrogen-bond acceptors (Lipinski definition) is 6. The number of pyridine rings is 1. The number of rotatable bonds is 4. The van der Waals surface area contributed by atoms with Crippen LogP contribution in [0.5, 0.6) is 11.5 Å². The third-order valence-corrected chi connectivity index (χ3v) is 4.63. The van der Waals surface area contributed by atoms with Gasteiger partial charge >= 0.3 is 0 Å². The molecule has 126 valence electrons. The zero-order chi connectivity index (χ0) is 18.1. The number of hydrogen-bond donors (Lipinski definition) is 1. The molecule has 2 aromatic heterocycles. The SMILES string of the molecule is BCOc1c(Cl)ccc(Cl)c1-c1c(O)c2nsnc2n(CC#C)c1=O. The first-order chi connectivity index (χ1) is 12.0. The van der Waals surface area contributed by atoms with E-state index in [1.54, 1.807) is 13.9 Å². The Morgan fingerprint density at radius 2 is 2.04 bits per heavy atom. The number of halogens is 2. The molecule has 1 N–H and O–H groups in total. The molecule has 0 atom stereocenters. The van der Waals surface area contributed by atoms with Crippen LogP contribution in [0.2, 0.25) is 10.0 Å².